The zero-order valence-electron chi connectivity index (χ0n) is 11.6. The fraction of sp³-hybridized carbons (Fsp3) is 0.357. The Morgan fingerprint density at radius 2 is 2.05 bits per heavy atom. The van der Waals surface area contributed by atoms with Crippen molar-refractivity contribution >= 4 is 11.8 Å². The molecule has 1 aromatic heterocycles. The number of carbonyl (C=O) groups excluding carboxylic acids is 2. The van der Waals surface area contributed by atoms with Gasteiger partial charge in [-0.25, -0.2) is 9.78 Å². The maximum absolute atomic E-state index is 12.0. The summed E-state index contributed by atoms with van der Waals surface area (Å²) in [5.41, 5.74) is 0.288. The number of hydrogen-bond acceptors (Lipinski definition) is 5. The lowest BCUT2D eigenvalue weighted by molar-refractivity contribution is 0.0368. The van der Waals surface area contributed by atoms with E-state index in [4.69, 9.17) is 4.74 Å². The third-order valence-corrected chi connectivity index (χ3v) is 2.13. The van der Waals surface area contributed by atoms with Gasteiger partial charge in [-0.2, -0.15) is 0 Å². The predicted octanol–water partition coefficient (Wildman–Crippen LogP) is 1.90. The van der Waals surface area contributed by atoms with Crippen molar-refractivity contribution in [3.05, 3.63) is 41.9 Å². The zero-order chi connectivity index (χ0) is 14.4. The molecule has 0 aliphatic heterocycles. The van der Waals surface area contributed by atoms with Gasteiger partial charge in [-0.1, -0.05) is 0 Å². The minimum Gasteiger partial charge on any atom is -0.458 e. The van der Waals surface area contributed by atoms with Crippen LogP contribution in [0.1, 0.15) is 34.7 Å². The molecular formula is C14H18N2O3. The first-order chi connectivity index (χ1) is 8.91. The molecular weight excluding hydrogens is 244 g/mol. The van der Waals surface area contributed by atoms with Crippen LogP contribution in [-0.2, 0) is 4.74 Å². The normalized spacial score (nSPS) is 10.8. The molecule has 1 heterocycles. The smallest absolute Gasteiger partial charge is 0.357 e. The van der Waals surface area contributed by atoms with Crippen LogP contribution in [0.5, 0.6) is 0 Å². The van der Waals surface area contributed by atoms with Gasteiger partial charge in [0.2, 0.25) is 0 Å². The van der Waals surface area contributed by atoms with Gasteiger partial charge >= 0.3 is 5.97 Å². The van der Waals surface area contributed by atoms with E-state index in [1.165, 1.54) is 12.3 Å². The largest absolute Gasteiger partial charge is 0.458 e. The zero-order valence-corrected chi connectivity index (χ0v) is 11.6. The Balaban J connectivity index is 3.02. The second-order valence-corrected chi connectivity index (χ2v) is 4.50. The average molecular weight is 262 g/mol. The van der Waals surface area contributed by atoms with E-state index in [1.807, 2.05) is 0 Å². The van der Waals surface area contributed by atoms with Crippen LogP contribution in [0.4, 0.5) is 0 Å². The Bertz CT molecular complexity index is 493. The quantitative estimate of drug-likeness (QED) is 0.461. The van der Waals surface area contributed by atoms with Crippen LogP contribution < -0.4 is 0 Å². The monoisotopic (exact) mass is 262 g/mol. The first kappa shape index (κ1) is 14.9. The third-order valence-electron chi connectivity index (χ3n) is 2.13. The van der Waals surface area contributed by atoms with Crippen molar-refractivity contribution in [2.75, 3.05) is 14.1 Å². The molecule has 1 aromatic rings. The molecule has 19 heavy (non-hydrogen) atoms. The number of aromatic nitrogens is 1. The SMILES string of the molecule is CC(C)OC(=O)c1ncccc1C(=O)/C=C/N(C)C. The van der Waals surface area contributed by atoms with Crippen LogP contribution in [0.15, 0.2) is 30.6 Å². The molecule has 5 heteroatoms. The maximum atomic E-state index is 12.0. The summed E-state index contributed by atoms with van der Waals surface area (Å²) >= 11 is 0. The molecule has 0 radical (unpaired) electrons. The molecule has 0 saturated heterocycles. The maximum Gasteiger partial charge on any atom is 0.357 e. The van der Waals surface area contributed by atoms with E-state index in [0.717, 1.165) is 0 Å². The summed E-state index contributed by atoms with van der Waals surface area (Å²) in [5.74, 6) is -0.866. The minimum atomic E-state index is -0.586. The van der Waals surface area contributed by atoms with Crippen molar-refractivity contribution < 1.29 is 14.3 Å². The van der Waals surface area contributed by atoms with Crippen LogP contribution in [0.25, 0.3) is 0 Å². The van der Waals surface area contributed by atoms with Gasteiger partial charge in [-0.3, -0.25) is 4.79 Å². The van der Waals surface area contributed by atoms with E-state index in [0.29, 0.717) is 0 Å². The topological polar surface area (TPSA) is 59.5 Å². The van der Waals surface area contributed by atoms with Gasteiger partial charge in [0.25, 0.3) is 0 Å². The van der Waals surface area contributed by atoms with E-state index in [1.54, 1.807) is 51.2 Å². The van der Waals surface area contributed by atoms with E-state index >= 15 is 0 Å². The molecule has 0 aliphatic rings. The standard InChI is InChI=1S/C14H18N2O3/c1-10(2)19-14(18)13-11(6-5-8-15-13)12(17)7-9-16(3)4/h5-10H,1-4H3/b9-7+. The highest BCUT2D eigenvalue weighted by molar-refractivity contribution is 6.10. The van der Waals surface area contributed by atoms with Gasteiger partial charge in [0.1, 0.15) is 0 Å². The van der Waals surface area contributed by atoms with Crippen molar-refractivity contribution in [2.45, 2.75) is 20.0 Å². The summed E-state index contributed by atoms with van der Waals surface area (Å²) in [6, 6.07) is 3.18. The second-order valence-electron chi connectivity index (χ2n) is 4.50. The Kier molecular flexibility index (Phi) is 5.23. The lowest BCUT2D eigenvalue weighted by Crippen LogP contribution is -2.17. The molecule has 1 rings (SSSR count). The molecule has 0 spiro atoms. The molecule has 0 N–H and O–H groups in total. The fourth-order valence-electron chi connectivity index (χ4n) is 1.34. The number of pyridine rings is 1. The second kappa shape index (κ2) is 6.68. The summed E-state index contributed by atoms with van der Waals surface area (Å²) in [7, 11) is 3.61. The van der Waals surface area contributed by atoms with E-state index in [-0.39, 0.29) is 23.1 Å². The summed E-state index contributed by atoms with van der Waals surface area (Å²) in [5, 5.41) is 0. The lowest BCUT2D eigenvalue weighted by atomic mass is 10.1. The van der Waals surface area contributed by atoms with Crippen LogP contribution in [0.3, 0.4) is 0 Å². The highest BCUT2D eigenvalue weighted by Crippen LogP contribution is 2.10. The van der Waals surface area contributed by atoms with Crippen molar-refractivity contribution in [2.24, 2.45) is 0 Å². The summed E-state index contributed by atoms with van der Waals surface area (Å²) in [6.07, 6.45) is 4.22. The predicted molar refractivity (Wildman–Crippen MR) is 71.9 cm³/mol. The molecule has 102 valence electrons. The highest BCUT2D eigenvalue weighted by Gasteiger charge is 2.18. The third kappa shape index (κ3) is 4.54. The molecule has 0 aromatic carbocycles. The van der Waals surface area contributed by atoms with Gasteiger partial charge in [0.05, 0.1) is 11.7 Å². The van der Waals surface area contributed by atoms with Crippen molar-refractivity contribution in [1.29, 1.82) is 0 Å². The van der Waals surface area contributed by atoms with E-state index < -0.39 is 5.97 Å². The molecule has 0 bridgehead atoms. The molecule has 0 atom stereocenters. The van der Waals surface area contributed by atoms with Crippen molar-refractivity contribution in [3.63, 3.8) is 0 Å². The Labute approximate surface area is 112 Å². The molecule has 0 amide bonds. The molecule has 5 nitrogen and oxygen atoms in total. The Hall–Kier alpha value is -2.17. The summed E-state index contributed by atoms with van der Waals surface area (Å²) < 4.78 is 5.06. The average Bonchev–Trinajstić information content (AvgIpc) is 2.35. The number of carbonyl (C=O) groups is 2. The van der Waals surface area contributed by atoms with Gasteiger partial charge in [-0.05, 0) is 26.0 Å². The number of hydrogen-bond donors (Lipinski definition) is 0. The van der Waals surface area contributed by atoms with Crippen LogP contribution >= 0.6 is 0 Å². The first-order valence-corrected chi connectivity index (χ1v) is 5.96. The van der Waals surface area contributed by atoms with Crippen molar-refractivity contribution in [3.8, 4) is 0 Å². The Morgan fingerprint density at radius 3 is 2.63 bits per heavy atom. The lowest BCUT2D eigenvalue weighted by Gasteiger charge is -2.09. The molecule has 0 fully saturated rings. The van der Waals surface area contributed by atoms with Gasteiger partial charge in [0, 0.05) is 32.6 Å². The first-order valence-electron chi connectivity index (χ1n) is 5.96. The molecule has 0 aliphatic carbocycles. The number of ketones is 1. The van der Waals surface area contributed by atoms with Gasteiger partial charge < -0.3 is 9.64 Å². The molecule has 0 saturated carbocycles. The number of rotatable bonds is 5. The van der Waals surface area contributed by atoms with E-state index in [2.05, 4.69) is 4.98 Å². The fourth-order valence-corrected chi connectivity index (χ4v) is 1.34. The van der Waals surface area contributed by atoms with Gasteiger partial charge in [-0.15, -0.1) is 0 Å². The van der Waals surface area contributed by atoms with Crippen LogP contribution in [0, 0.1) is 0 Å². The number of allylic oxidation sites excluding steroid dienone is 1. The van der Waals surface area contributed by atoms with Crippen LogP contribution in [-0.4, -0.2) is 41.8 Å². The highest BCUT2D eigenvalue weighted by atomic mass is 16.5. The number of ether oxygens (including phenoxy) is 1. The Morgan fingerprint density at radius 1 is 1.37 bits per heavy atom. The molecule has 0 unspecified atom stereocenters. The van der Waals surface area contributed by atoms with E-state index in [9.17, 15) is 9.59 Å². The summed E-state index contributed by atoms with van der Waals surface area (Å²) in [6.45, 7) is 3.49. The van der Waals surface area contributed by atoms with Gasteiger partial charge in [0.15, 0.2) is 11.5 Å². The van der Waals surface area contributed by atoms with Crippen molar-refractivity contribution in [1.82, 2.24) is 9.88 Å². The number of nitrogens with zero attached hydrogens (tertiary/aromatic N) is 2. The minimum absolute atomic E-state index is 0.0459. The number of esters is 1. The van der Waals surface area contributed by atoms with Crippen LogP contribution in [0.2, 0.25) is 0 Å². The summed E-state index contributed by atoms with van der Waals surface area (Å²) in [4.78, 5) is 29.5.